The first-order chi connectivity index (χ1) is 15.4. The van der Waals surface area contributed by atoms with Gasteiger partial charge in [-0.3, -0.25) is 4.79 Å². The summed E-state index contributed by atoms with van der Waals surface area (Å²) in [5, 5.41) is 28.9. The molecule has 1 fully saturated rings. The molecule has 0 bridgehead atoms. The molecule has 3 atom stereocenters. The van der Waals surface area contributed by atoms with Gasteiger partial charge in [0.2, 0.25) is 12.3 Å². The Balaban J connectivity index is 1.94. The highest BCUT2D eigenvalue weighted by Crippen LogP contribution is 2.36. The molecule has 11 heteroatoms. The number of carboxylic acids is 1. The van der Waals surface area contributed by atoms with Gasteiger partial charge in [-0.15, -0.1) is 0 Å². The maximum Gasteiger partial charge on any atom is 0.321 e. The van der Waals surface area contributed by atoms with Crippen molar-refractivity contribution in [2.75, 3.05) is 13.2 Å². The number of benzene rings is 1. The number of likely N-dealkylation sites (tertiary alicyclic amines) is 1. The summed E-state index contributed by atoms with van der Waals surface area (Å²) < 4.78 is 40.9. The minimum Gasteiger partial charge on any atom is -0.480 e. The largest absolute Gasteiger partial charge is 0.480 e. The number of ether oxygens (including phenoxy) is 2. The zero-order valence-corrected chi connectivity index (χ0v) is 18.5. The van der Waals surface area contributed by atoms with Crippen LogP contribution < -0.4 is 4.74 Å². The van der Waals surface area contributed by atoms with Crippen molar-refractivity contribution in [3.63, 3.8) is 0 Å². The van der Waals surface area contributed by atoms with Gasteiger partial charge in [0.25, 0.3) is 0 Å². The number of allylic oxidation sites excluding steroid dienone is 1. The van der Waals surface area contributed by atoms with Crippen molar-refractivity contribution in [1.82, 2.24) is 14.9 Å². The normalized spacial score (nSPS) is 21.1. The molecule has 1 unspecified atom stereocenters. The summed E-state index contributed by atoms with van der Waals surface area (Å²) in [4.78, 5) is 21.2. The molecule has 1 aliphatic heterocycles. The Bertz CT molecular complexity index is 1030. The van der Waals surface area contributed by atoms with E-state index in [1.54, 1.807) is 39.0 Å². The predicted octanol–water partition coefficient (Wildman–Crippen LogP) is 2.27. The Kier molecular flexibility index (Phi) is 7.27. The first kappa shape index (κ1) is 24.9. The van der Waals surface area contributed by atoms with E-state index in [0.29, 0.717) is 11.6 Å². The third-order valence-electron chi connectivity index (χ3n) is 4.89. The SMILES string of the molecule is CC(C)(C)OC(O)N1C[C@H](Oc2nc3ccccc3nc2C(F)(F)/C=C/CO)C[C@H]1C(=O)O. The van der Waals surface area contributed by atoms with Crippen LogP contribution in [0.15, 0.2) is 36.4 Å². The Labute approximate surface area is 189 Å². The van der Waals surface area contributed by atoms with Crippen molar-refractivity contribution in [1.29, 1.82) is 0 Å². The van der Waals surface area contributed by atoms with E-state index in [-0.39, 0.29) is 18.5 Å². The topological polar surface area (TPSA) is 125 Å². The van der Waals surface area contributed by atoms with Crippen LogP contribution in [0.5, 0.6) is 5.88 Å². The molecule has 1 aliphatic rings. The van der Waals surface area contributed by atoms with Crippen LogP contribution in [-0.2, 0) is 15.5 Å². The van der Waals surface area contributed by atoms with E-state index in [1.807, 2.05) is 0 Å². The number of aliphatic carboxylic acids is 1. The maximum atomic E-state index is 14.9. The lowest BCUT2D eigenvalue weighted by atomic mass is 10.2. The van der Waals surface area contributed by atoms with Crippen LogP contribution in [-0.4, -0.2) is 73.5 Å². The number of carbonyl (C=O) groups is 1. The summed E-state index contributed by atoms with van der Waals surface area (Å²) in [6.07, 6.45) is -1.11. The van der Waals surface area contributed by atoms with E-state index in [4.69, 9.17) is 14.6 Å². The number of rotatable bonds is 8. The zero-order valence-electron chi connectivity index (χ0n) is 18.5. The van der Waals surface area contributed by atoms with Crippen molar-refractivity contribution in [3.05, 3.63) is 42.1 Å². The van der Waals surface area contributed by atoms with Gasteiger partial charge in [0.1, 0.15) is 12.1 Å². The summed E-state index contributed by atoms with van der Waals surface area (Å²) in [5.74, 6) is -5.27. The van der Waals surface area contributed by atoms with Gasteiger partial charge >= 0.3 is 11.9 Å². The van der Waals surface area contributed by atoms with Crippen LogP contribution in [0.1, 0.15) is 32.9 Å². The Morgan fingerprint density at radius 1 is 1.27 bits per heavy atom. The first-order valence-corrected chi connectivity index (χ1v) is 10.4. The molecule has 2 heterocycles. The summed E-state index contributed by atoms with van der Waals surface area (Å²) in [5.41, 5.74) is -0.969. The molecule has 0 saturated carbocycles. The lowest BCUT2D eigenvalue weighted by Crippen LogP contribution is -2.47. The van der Waals surface area contributed by atoms with E-state index >= 15 is 0 Å². The highest BCUT2D eigenvalue weighted by atomic mass is 19.3. The van der Waals surface area contributed by atoms with Crippen LogP contribution in [0.2, 0.25) is 0 Å². The quantitative estimate of drug-likeness (QED) is 0.396. The van der Waals surface area contributed by atoms with E-state index in [1.165, 1.54) is 11.0 Å². The van der Waals surface area contributed by atoms with Crippen molar-refractivity contribution in [2.24, 2.45) is 0 Å². The third kappa shape index (κ3) is 5.99. The second-order valence-electron chi connectivity index (χ2n) is 8.66. The number of aliphatic hydroxyl groups excluding tert-OH is 2. The molecule has 0 amide bonds. The number of fused-ring (bicyclic) bond motifs is 1. The fourth-order valence-corrected chi connectivity index (χ4v) is 3.50. The first-order valence-electron chi connectivity index (χ1n) is 10.4. The van der Waals surface area contributed by atoms with Crippen LogP contribution >= 0.6 is 0 Å². The molecule has 1 saturated heterocycles. The standard InChI is InChI=1S/C22H27F2N3O6/c1-21(2,3)33-20(31)27-12-13(11-16(27)19(29)30)32-18-17(22(23,24)9-6-10-28)25-14-7-4-5-8-15(14)26-18/h4-9,13,16,20,28,31H,10-12H2,1-3H3,(H,29,30)/b9-6+/t13-,16+,20?/m1/s1. The zero-order chi connectivity index (χ0) is 24.4. The van der Waals surface area contributed by atoms with E-state index in [9.17, 15) is 23.8 Å². The molecule has 33 heavy (non-hydrogen) atoms. The molecule has 0 aliphatic carbocycles. The fraction of sp³-hybridized carbons (Fsp3) is 0.500. The number of para-hydroxylation sites is 2. The molecule has 1 aromatic heterocycles. The highest BCUT2D eigenvalue weighted by molar-refractivity contribution is 5.75. The van der Waals surface area contributed by atoms with Gasteiger partial charge < -0.3 is 24.8 Å². The molecule has 3 rings (SSSR count). The van der Waals surface area contributed by atoms with Crippen LogP contribution in [0, 0.1) is 0 Å². The molecule has 9 nitrogen and oxygen atoms in total. The van der Waals surface area contributed by atoms with Gasteiger partial charge in [-0.2, -0.15) is 8.78 Å². The smallest absolute Gasteiger partial charge is 0.321 e. The average Bonchev–Trinajstić information content (AvgIpc) is 3.15. The second kappa shape index (κ2) is 9.64. The van der Waals surface area contributed by atoms with Gasteiger partial charge in [-0.25, -0.2) is 14.9 Å². The highest BCUT2D eigenvalue weighted by Gasteiger charge is 2.44. The van der Waals surface area contributed by atoms with Crippen molar-refractivity contribution >= 4 is 17.0 Å². The Hall–Kier alpha value is -2.73. The van der Waals surface area contributed by atoms with Crippen LogP contribution in [0.25, 0.3) is 11.0 Å². The summed E-state index contributed by atoms with van der Waals surface area (Å²) >= 11 is 0. The number of aromatic nitrogens is 2. The van der Waals surface area contributed by atoms with E-state index in [2.05, 4.69) is 9.97 Å². The van der Waals surface area contributed by atoms with Gasteiger partial charge in [-0.05, 0) is 39.0 Å². The summed E-state index contributed by atoms with van der Waals surface area (Å²) in [6, 6.07) is 5.26. The Morgan fingerprint density at radius 3 is 2.48 bits per heavy atom. The van der Waals surface area contributed by atoms with Crippen molar-refractivity contribution in [3.8, 4) is 5.88 Å². The number of hydrogen-bond acceptors (Lipinski definition) is 8. The molecular formula is C22H27F2N3O6. The van der Waals surface area contributed by atoms with E-state index < -0.39 is 54.2 Å². The third-order valence-corrected chi connectivity index (χ3v) is 4.89. The lowest BCUT2D eigenvalue weighted by Gasteiger charge is -2.31. The average molecular weight is 467 g/mol. The molecule has 0 radical (unpaired) electrons. The number of nitrogens with zero attached hydrogens (tertiary/aromatic N) is 3. The lowest BCUT2D eigenvalue weighted by molar-refractivity contribution is -0.244. The second-order valence-corrected chi connectivity index (χ2v) is 8.66. The molecule has 0 spiro atoms. The number of alkyl halides is 2. The van der Waals surface area contributed by atoms with Crippen LogP contribution in [0.4, 0.5) is 8.78 Å². The van der Waals surface area contributed by atoms with Crippen LogP contribution in [0.3, 0.4) is 0 Å². The van der Waals surface area contributed by atoms with Gasteiger partial charge in [0.15, 0.2) is 5.69 Å². The monoisotopic (exact) mass is 467 g/mol. The minimum absolute atomic E-state index is 0.0914. The van der Waals surface area contributed by atoms with Gasteiger partial charge in [0.05, 0.1) is 23.2 Å². The Morgan fingerprint density at radius 2 is 1.91 bits per heavy atom. The number of hydrogen-bond donors (Lipinski definition) is 3. The minimum atomic E-state index is -3.60. The summed E-state index contributed by atoms with van der Waals surface area (Å²) in [7, 11) is 0. The number of carboxylic acid groups (broad SMARTS) is 1. The number of halogens is 2. The molecule has 180 valence electrons. The fourth-order valence-electron chi connectivity index (χ4n) is 3.50. The number of aliphatic hydroxyl groups is 2. The molecule has 1 aromatic carbocycles. The molecular weight excluding hydrogens is 440 g/mol. The predicted molar refractivity (Wildman–Crippen MR) is 114 cm³/mol. The maximum absolute atomic E-state index is 14.9. The van der Waals surface area contributed by atoms with Gasteiger partial charge in [-0.1, -0.05) is 18.2 Å². The van der Waals surface area contributed by atoms with Crippen molar-refractivity contribution < 1.29 is 38.4 Å². The molecule has 2 aromatic rings. The summed E-state index contributed by atoms with van der Waals surface area (Å²) in [6.45, 7) is 4.43. The van der Waals surface area contributed by atoms with Crippen molar-refractivity contribution in [2.45, 2.75) is 57.3 Å². The van der Waals surface area contributed by atoms with E-state index in [0.717, 1.165) is 6.08 Å². The van der Waals surface area contributed by atoms with Gasteiger partial charge in [0, 0.05) is 13.0 Å². The molecule has 3 N–H and O–H groups in total.